The van der Waals surface area contributed by atoms with Crippen molar-refractivity contribution < 1.29 is 33.3 Å². The molecule has 1 unspecified atom stereocenters. The lowest BCUT2D eigenvalue weighted by molar-refractivity contribution is -0.143. The number of carbonyl (C=O) groups is 3. The third kappa shape index (κ3) is 6.19. The molecule has 218 valence electrons. The van der Waals surface area contributed by atoms with E-state index in [0.717, 1.165) is 0 Å². The maximum atomic E-state index is 13.1. The van der Waals surface area contributed by atoms with Crippen molar-refractivity contribution in [2.45, 2.75) is 26.7 Å². The zero-order chi connectivity index (χ0) is 31.3. The number of rotatable bonds is 8. The van der Waals surface area contributed by atoms with E-state index in [9.17, 15) is 24.9 Å². The molecular formula is C32H24Cl2N2O7. The Morgan fingerprint density at radius 2 is 1.53 bits per heavy atom. The Morgan fingerprint density at radius 1 is 0.837 bits per heavy atom. The summed E-state index contributed by atoms with van der Waals surface area (Å²) in [5, 5.41) is 20.5. The Bertz CT molecular complexity index is 1850. The molecule has 11 heteroatoms. The molecule has 0 N–H and O–H groups in total. The number of fused-ring (bicyclic) bond motifs is 2. The third-order valence-electron chi connectivity index (χ3n) is 6.44. The van der Waals surface area contributed by atoms with E-state index in [1.807, 2.05) is 12.1 Å². The van der Waals surface area contributed by atoms with Crippen LogP contribution in [-0.4, -0.2) is 37.7 Å². The van der Waals surface area contributed by atoms with Crippen LogP contribution in [0.4, 0.5) is 0 Å². The van der Waals surface area contributed by atoms with Gasteiger partial charge < -0.3 is 18.9 Å². The Labute approximate surface area is 257 Å². The molecule has 1 atom stereocenters. The van der Waals surface area contributed by atoms with Crippen molar-refractivity contribution in [3.05, 3.63) is 91.3 Å². The van der Waals surface area contributed by atoms with Gasteiger partial charge in [0.25, 0.3) is 0 Å². The van der Waals surface area contributed by atoms with Gasteiger partial charge in [-0.1, -0.05) is 41.4 Å². The average molecular weight is 619 g/mol. The summed E-state index contributed by atoms with van der Waals surface area (Å²) in [4.78, 5) is 38.1. The van der Waals surface area contributed by atoms with Crippen molar-refractivity contribution >= 4 is 52.3 Å². The summed E-state index contributed by atoms with van der Waals surface area (Å²) in [5.74, 6) is -2.93. The molecule has 0 aliphatic carbocycles. The summed E-state index contributed by atoms with van der Waals surface area (Å²) in [6.07, 6.45) is 0. The Hall–Kier alpha value is -4.83. The fourth-order valence-corrected chi connectivity index (χ4v) is 4.91. The van der Waals surface area contributed by atoms with Crippen LogP contribution in [0.3, 0.4) is 0 Å². The summed E-state index contributed by atoms with van der Waals surface area (Å²) < 4.78 is 21.6. The van der Waals surface area contributed by atoms with Crippen LogP contribution in [-0.2, 0) is 23.8 Å². The van der Waals surface area contributed by atoms with Crippen LogP contribution in [0.5, 0.6) is 11.5 Å². The molecule has 0 saturated carbocycles. The van der Waals surface area contributed by atoms with Crippen LogP contribution in [0, 0.1) is 22.7 Å². The predicted octanol–water partition coefficient (Wildman–Crippen LogP) is 4.93. The van der Waals surface area contributed by atoms with Crippen LogP contribution >= 0.6 is 23.2 Å². The standard InChI is InChI=1S/C32H24Cl2N2O7/c1-4-40-30(37)22-14-26(34)25(33)13-21(22)29-19-9-7-17(23(15-35)31(38)41-5-2)11-27(19)43-28-12-18(8-10-20(28)29)24(16-36)32(39)42-6-3/h7-14,23H,4-6H2,1-3H3. The van der Waals surface area contributed by atoms with E-state index >= 15 is 0 Å². The van der Waals surface area contributed by atoms with Crippen molar-refractivity contribution in [2.75, 3.05) is 19.8 Å². The van der Waals surface area contributed by atoms with Crippen molar-refractivity contribution in [1.29, 1.82) is 10.5 Å². The van der Waals surface area contributed by atoms with Gasteiger partial charge in [-0.05, 0) is 62.2 Å². The molecule has 0 fully saturated rings. The molecule has 0 bridgehead atoms. The zero-order valence-corrected chi connectivity index (χ0v) is 24.8. The zero-order valence-electron chi connectivity index (χ0n) is 23.3. The molecule has 43 heavy (non-hydrogen) atoms. The fourth-order valence-electron chi connectivity index (χ4n) is 4.58. The number of carbonyl (C=O) groups excluding carboxylic acids is 3. The van der Waals surface area contributed by atoms with Gasteiger partial charge in [0.2, 0.25) is 0 Å². The number of ether oxygens (including phenoxy) is 4. The van der Waals surface area contributed by atoms with Crippen LogP contribution in [0.1, 0.15) is 53.7 Å². The van der Waals surface area contributed by atoms with Crippen LogP contribution in [0.25, 0.3) is 11.1 Å². The van der Waals surface area contributed by atoms with Gasteiger partial charge in [-0.2, -0.15) is 10.5 Å². The maximum absolute atomic E-state index is 13.1. The van der Waals surface area contributed by atoms with E-state index in [1.165, 1.54) is 24.3 Å². The van der Waals surface area contributed by atoms with Gasteiger partial charge >= 0.3 is 17.9 Å². The van der Waals surface area contributed by atoms with Crippen molar-refractivity contribution in [2.24, 2.45) is 0 Å². The van der Waals surface area contributed by atoms with Gasteiger partial charge in [0.1, 0.15) is 23.1 Å². The van der Waals surface area contributed by atoms with Crippen molar-refractivity contribution in [3.63, 3.8) is 0 Å². The molecule has 3 aromatic rings. The lowest BCUT2D eigenvalue weighted by atomic mass is 9.88. The van der Waals surface area contributed by atoms with E-state index in [0.29, 0.717) is 27.5 Å². The van der Waals surface area contributed by atoms with E-state index in [2.05, 4.69) is 0 Å². The molecule has 0 radical (unpaired) electrons. The number of hydrogen-bond donors (Lipinski definition) is 0. The molecule has 0 amide bonds. The topological polar surface area (TPSA) is 136 Å². The molecule has 1 aliphatic heterocycles. The van der Waals surface area contributed by atoms with Crippen LogP contribution in [0.15, 0.2) is 48.5 Å². The van der Waals surface area contributed by atoms with Gasteiger partial charge in [-0.15, -0.1) is 0 Å². The minimum Gasteiger partial charge on any atom is -0.465 e. The minimum atomic E-state index is -1.23. The lowest BCUT2D eigenvalue weighted by Gasteiger charge is -2.24. The highest BCUT2D eigenvalue weighted by Gasteiger charge is 2.29. The molecule has 3 aromatic carbocycles. The second kappa shape index (κ2) is 13.4. The van der Waals surface area contributed by atoms with Crippen molar-refractivity contribution in [1.82, 2.24) is 0 Å². The monoisotopic (exact) mass is 618 g/mol. The van der Waals surface area contributed by atoms with Crippen molar-refractivity contribution in [3.8, 4) is 23.6 Å². The molecule has 1 aliphatic rings. The summed E-state index contributed by atoms with van der Waals surface area (Å²) in [6, 6.07) is 16.3. The average Bonchev–Trinajstić information content (AvgIpc) is 2.98. The number of esters is 3. The summed E-state index contributed by atoms with van der Waals surface area (Å²) in [5.41, 5.74) is 1.59. The molecule has 0 aromatic heterocycles. The first-order chi connectivity index (χ1) is 20.7. The summed E-state index contributed by atoms with van der Waals surface area (Å²) in [7, 11) is 0. The normalized spacial score (nSPS) is 12.8. The second-order valence-corrected chi connectivity index (χ2v) is 9.81. The Morgan fingerprint density at radius 3 is 2.19 bits per heavy atom. The van der Waals surface area contributed by atoms with Gasteiger partial charge in [-0.25, -0.2) is 9.59 Å². The second-order valence-electron chi connectivity index (χ2n) is 9.00. The minimum absolute atomic E-state index is 0.0774. The SMILES string of the molecule is CCOC(=O)C(C#N)=c1ccc2c(c1)Oc1cc(C(C#N)C(=O)OCC)ccc1C=2c1cc(Cl)c(Cl)cc1C(=O)OCC. The number of nitriles is 2. The third-order valence-corrected chi connectivity index (χ3v) is 7.16. The van der Waals surface area contributed by atoms with Crippen LogP contribution in [0.2, 0.25) is 10.0 Å². The highest BCUT2D eigenvalue weighted by Crippen LogP contribution is 2.40. The first kappa shape index (κ1) is 31.1. The largest absolute Gasteiger partial charge is 0.465 e. The quantitative estimate of drug-likeness (QED) is 0.199. The fraction of sp³-hybridized carbons (Fsp3) is 0.219. The van der Waals surface area contributed by atoms with Gasteiger partial charge in [0.15, 0.2) is 5.92 Å². The first-order valence-corrected chi connectivity index (χ1v) is 13.9. The number of hydrogen-bond acceptors (Lipinski definition) is 9. The van der Waals surface area contributed by atoms with Gasteiger partial charge in [-0.3, -0.25) is 4.79 Å². The molecule has 4 rings (SSSR count). The van der Waals surface area contributed by atoms with Gasteiger partial charge in [0.05, 0.1) is 41.5 Å². The first-order valence-electron chi connectivity index (χ1n) is 13.2. The predicted molar refractivity (Wildman–Crippen MR) is 157 cm³/mol. The Balaban J connectivity index is 2.09. The summed E-state index contributed by atoms with van der Waals surface area (Å²) in [6.45, 7) is 5.22. The molecule has 1 heterocycles. The summed E-state index contributed by atoms with van der Waals surface area (Å²) >= 11 is 12.7. The molecular weight excluding hydrogens is 595 g/mol. The maximum Gasteiger partial charge on any atom is 0.349 e. The van der Waals surface area contributed by atoms with E-state index in [4.69, 9.17) is 42.1 Å². The van der Waals surface area contributed by atoms with Crippen LogP contribution < -0.4 is 15.2 Å². The highest BCUT2D eigenvalue weighted by molar-refractivity contribution is 6.42. The number of nitrogens with zero attached hydrogens (tertiary/aromatic N) is 2. The van der Waals surface area contributed by atoms with E-state index < -0.39 is 23.8 Å². The van der Waals surface area contributed by atoms with E-state index in [1.54, 1.807) is 45.0 Å². The molecule has 0 saturated heterocycles. The van der Waals surface area contributed by atoms with Gasteiger partial charge in [0, 0.05) is 21.6 Å². The molecule has 9 nitrogen and oxygen atoms in total. The smallest absolute Gasteiger partial charge is 0.349 e. The molecule has 0 spiro atoms. The van der Waals surface area contributed by atoms with E-state index in [-0.39, 0.29) is 57.7 Å². The highest BCUT2D eigenvalue weighted by atomic mass is 35.5. The number of halogens is 2. The Kier molecular flexibility index (Phi) is 9.72. The lowest BCUT2D eigenvalue weighted by Crippen LogP contribution is -2.23. The number of benzene rings is 3.